The molecule has 1 aromatic heterocycles. The molecule has 0 amide bonds. The average molecular weight is 271 g/mol. The molecule has 0 aliphatic heterocycles. The van der Waals surface area contributed by atoms with Crippen LogP contribution in [0, 0.1) is 29.6 Å². The Labute approximate surface area is 121 Å². The number of aromatic nitrogens is 2. The van der Waals surface area contributed by atoms with Gasteiger partial charge in [-0.25, -0.2) is 9.97 Å². The number of nitrogens with two attached hydrogens (primary N) is 1. The molecule has 0 atom stereocenters. The molecular formula is C17H25N3. The van der Waals surface area contributed by atoms with E-state index in [1.54, 1.807) is 6.42 Å². The van der Waals surface area contributed by atoms with Crippen molar-refractivity contribution in [1.29, 1.82) is 0 Å². The molecule has 0 aromatic carbocycles. The minimum Gasteiger partial charge on any atom is -0.325 e. The summed E-state index contributed by atoms with van der Waals surface area (Å²) in [6, 6.07) is 1.92. The van der Waals surface area contributed by atoms with Gasteiger partial charge in [-0.3, -0.25) is 0 Å². The molecular weight excluding hydrogens is 246 g/mol. The Kier molecular flexibility index (Phi) is 3.25. The van der Waals surface area contributed by atoms with Gasteiger partial charge in [0.25, 0.3) is 0 Å². The lowest BCUT2D eigenvalue weighted by Crippen LogP contribution is -2.45. The van der Waals surface area contributed by atoms with Crippen LogP contribution in [0.5, 0.6) is 0 Å². The molecule has 20 heavy (non-hydrogen) atoms. The second-order valence-corrected chi connectivity index (χ2v) is 7.30. The van der Waals surface area contributed by atoms with E-state index in [0.29, 0.717) is 6.54 Å². The van der Waals surface area contributed by atoms with Crippen LogP contribution < -0.4 is 5.73 Å². The fourth-order valence-corrected chi connectivity index (χ4v) is 5.48. The van der Waals surface area contributed by atoms with Crippen LogP contribution in [0.4, 0.5) is 0 Å². The van der Waals surface area contributed by atoms with Crippen LogP contribution >= 0.6 is 0 Å². The molecule has 4 bridgehead atoms. The van der Waals surface area contributed by atoms with Crippen LogP contribution in [0.1, 0.15) is 50.0 Å². The maximum Gasteiger partial charge on any atom is 0.128 e. The third-order valence-corrected chi connectivity index (χ3v) is 6.10. The van der Waals surface area contributed by atoms with Gasteiger partial charge in [0.05, 0.1) is 5.69 Å². The van der Waals surface area contributed by atoms with Gasteiger partial charge in [0.2, 0.25) is 0 Å². The Morgan fingerprint density at radius 1 is 1.05 bits per heavy atom. The van der Waals surface area contributed by atoms with E-state index in [2.05, 4.69) is 9.97 Å². The highest BCUT2D eigenvalue weighted by molar-refractivity contribution is 5.03. The molecule has 1 heterocycles. The summed E-state index contributed by atoms with van der Waals surface area (Å²) in [6.07, 6.45) is 11.8. The summed E-state index contributed by atoms with van der Waals surface area (Å²) >= 11 is 0. The zero-order chi connectivity index (χ0) is 13.5. The number of hydrogen-bond donors (Lipinski definition) is 1. The van der Waals surface area contributed by atoms with Crippen LogP contribution in [0.15, 0.2) is 12.3 Å². The minimum absolute atomic E-state index is 0.521. The smallest absolute Gasteiger partial charge is 0.128 e. The molecule has 4 aliphatic carbocycles. The van der Waals surface area contributed by atoms with Crippen molar-refractivity contribution in [3.63, 3.8) is 0 Å². The predicted octanol–water partition coefficient (Wildman–Crippen LogP) is 2.94. The Bertz CT molecular complexity index is 457. The van der Waals surface area contributed by atoms with Crippen LogP contribution in [-0.4, -0.2) is 9.97 Å². The van der Waals surface area contributed by atoms with Crippen molar-refractivity contribution in [2.45, 2.75) is 51.5 Å². The maximum atomic E-state index is 5.66. The summed E-state index contributed by atoms with van der Waals surface area (Å²) in [5.74, 6) is 6.14. The number of rotatable bonds is 4. The van der Waals surface area contributed by atoms with E-state index in [9.17, 15) is 0 Å². The largest absolute Gasteiger partial charge is 0.325 e. The summed E-state index contributed by atoms with van der Waals surface area (Å²) in [4.78, 5) is 8.98. The van der Waals surface area contributed by atoms with Crippen molar-refractivity contribution in [2.75, 3.05) is 0 Å². The molecule has 2 N–H and O–H groups in total. The SMILES string of the molecule is NCc1ccnc(CCC2C3CC4CC(C3)CC2C4)n1. The molecule has 3 heteroatoms. The van der Waals surface area contributed by atoms with Crippen LogP contribution in [0.2, 0.25) is 0 Å². The third kappa shape index (κ3) is 2.26. The third-order valence-electron chi connectivity index (χ3n) is 6.10. The topological polar surface area (TPSA) is 51.8 Å². The predicted molar refractivity (Wildman–Crippen MR) is 78.8 cm³/mol. The van der Waals surface area contributed by atoms with Crippen molar-refractivity contribution >= 4 is 0 Å². The Morgan fingerprint density at radius 3 is 2.40 bits per heavy atom. The standard InChI is InChI=1S/C17H25N3/c18-10-15-3-4-19-17(20-15)2-1-16-13-6-11-5-12(8-13)9-14(16)7-11/h3-4,11-14,16H,1-2,5-10,18H2. The lowest BCUT2D eigenvalue weighted by atomic mass is 9.51. The highest BCUT2D eigenvalue weighted by atomic mass is 14.9. The first-order chi connectivity index (χ1) is 9.81. The van der Waals surface area contributed by atoms with E-state index in [4.69, 9.17) is 5.73 Å². The lowest BCUT2D eigenvalue weighted by molar-refractivity contribution is -0.0395. The molecule has 4 aliphatic rings. The van der Waals surface area contributed by atoms with E-state index in [1.807, 2.05) is 12.3 Å². The molecule has 5 rings (SSSR count). The van der Waals surface area contributed by atoms with Crippen molar-refractivity contribution < 1.29 is 0 Å². The maximum absolute atomic E-state index is 5.66. The first-order valence-corrected chi connectivity index (χ1v) is 8.32. The van der Waals surface area contributed by atoms with E-state index < -0.39 is 0 Å². The molecule has 0 saturated heterocycles. The van der Waals surface area contributed by atoms with Crippen LogP contribution in [-0.2, 0) is 13.0 Å². The Morgan fingerprint density at radius 2 is 1.75 bits per heavy atom. The number of aryl methyl sites for hydroxylation is 1. The van der Waals surface area contributed by atoms with Crippen molar-refractivity contribution in [3.8, 4) is 0 Å². The van der Waals surface area contributed by atoms with Gasteiger partial charge in [-0.1, -0.05) is 0 Å². The second-order valence-electron chi connectivity index (χ2n) is 7.30. The van der Waals surface area contributed by atoms with E-state index in [0.717, 1.165) is 47.5 Å². The first-order valence-electron chi connectivity index (χ1n) is 8.32. The fraction of sp³-hybridized carbons (Fsp3) is 0.765. The number of nitrogens with zero attached hydrogens (tertiary/aromatic N) is 2. The van der Waals surface area contributed by atoms with Crippen molar-refractivity contribution in [2.24, 2.45) is 35.3 Å². The minimum atomic E-state index is 0.521. The summed E-state index contributed by atoms with van der Waals surface area (Å²) < 4.78 is 0. The highest BCUT2D eigenvalue weighted by Crippen LogP contribution is 2.57. The quantitative estimate of drug-likeness (QED) is 0.916. The molecule has 0 radical (unpaired) electrons. The summed E-state index contributed by atoms with van der Waals surface area (Å²) in [5, 5.41) is 0. The van der Waals surface area contributed by atoms with Gasteiger partial charge in [0, 0.05) is 19.2 Å². The van der Waals surface area contributed by atoms with Crippen molar-refractivity contribution in [3.05, 3.63) is 23.8 Å². The molecule has 3 nitrogen and oxygen atoms in total. The Balaban J connectivity index is 1.42. The summed E-state index contributed by atoms with van der Waals surface area (Å²) in [5.41, 5.74) is 6.63. The zero-order valence-electron chi connectivity index (χ0n) is 12.2. The highest BCUT2D eigenvalue weighted by Gasteiger charge is 2.47. The summed E-state index contributed by atoms with van der Waals surface area (Å²) in [7, 11) is 0. The lowest BCUT2D eigenvalue weighted by Gasteiger charge is -2.54. The van der Waals surface area contributed by atoms with Crippen LogP contribution in [0.3, 0.4) is 0 Å². The van der Waals surface area contributed by atoms with Gasteiger partial charge in [-0.05, 0) is 74.2 Å². The molecule has 4 saturated carbocycles. The van der Waals surface area contributed by atoms with Gasteiger partial charge < -0.3 is 5.73 Å². The summed E-state index contributed by atoms with van der Waals surface area (Å²) in [6.45, 7) is 0.521. The molecule has 108 valence electrons. The van der Waals surface area contributed by atoms with Gasteiger partial charge in [-0.2, -0.15) is 0 Å². The molecule has 1 aromatic rings. The number of hydrogen-bond acceptors (Lipinski definition) is 3. The monoisotopic (exact) mass is 271 g/mol. The normalized spacial score (nSPS) is 38.4. The van der Waals surface area contributed by atoms with Crippen LogP contribution in [0.25, 0.3) is 0 Å². The molecule has 0 unspecified atom stereocenters. The average Bonchev–Trinajstić information content (AvgIpc) is 2.46. The van der Waals surface area contributed by atoms with Gasteiger partial charge in [0.15, 0.2) is 0 Å². The van der Waals surface area contributed by atoms with E-state index in [-0.39, 0.29) is 0 Å². The molecule has 0 spiro atoms. The van der Waals surface area contributed by atoms with Gasteiger partial charge in [-0.15, -0.1) is 0 Å². The van der Waals surface area contributed by atoms with Gasteiger partial charge in [0.1, 0.15) is 5.82 Å². The van der Waals surface area contributed by atoms with Gasteiger partial charge >= 0.3 is 0 Å². The zero-order valence-corrected chi connectivity index (χ0v) is 12.2. The Hall–Kier alpha value is -0.960. The van der Waals surface area contributed by atoms with Crippen molar-refractivity contribution in [1.82, 2.24) is 9.97 Å². The fourth-order valence-electron chi connectivity index (χ4n) is 5.48. The van der Waals surface area contributed by atoms with E-state index >= 15 is 0 Å². The second kappa shape index (κ2) is 5.10. The first kappa shape index (κ1) is 12.8. The molecule has 4 fully saturated rings. The van der Waals surface area contributed by atoms with E-state index in [1.165, 1.54) is 32.1 Å².